The van der Waals surface area contributed by atoms with Crippen molar-refractivity contribution in [3.05, 3.63) is 0 Å². The molecule has 3 atom stereocenters. The SMILES string of the molecule is CCCN(C(=O)C(C)C1CNC1)C1CC(OCC)C12CCCCC2.Cl. The zero-order valence-electron chi connectivity index (χ0n) is 16.3. The minimum absolute atomic E-state index is 0. The van der Waals surface area contributed by atoms with E-state index in [-0.39, 0.29) is 23.7 Å². The number of halogens is 1. The van der Waals surface area contributed by atoms with E-state index in [1.807, 2.05) is 0 Å². The molecule has 0 bridgehead atoms. The monoisotopic (exact) mass is 372 g/mol. The second kappa shape index (κ2) is 9.05. The Kier molecular flexibility index (Phi) is 7.60. The minimum atomic E-state index is 0. The summed E-state index contributed by atoms with van der Waals surface area (Å²) in [5, 5.41) is 3.32. The van der Waals surface area contributed by atoms with Gasteiger partial charge in [-0.25, -0.2) is 0 Å². The van der Waals surface area contributed by atoms with E-state index < -0.39 is 0 Å². The predicted molar refractivity (Wildman–Crippen MR) is 104 cm³/mol. The summed E-state index contributed by atoms with van der Waals surface area (Å²) < 4.78 is 6.10. The fourth-order valence-electron chi connectivity index (χ4n) is 5.25. The topological polar surface area (TPSA) is 41.6 Å². The van der Waals surface area contributed by atoms with Crippen LogP contribution in [0.15, 0.2) is 0 Å². The Bertz CT molecular complexity index is 435. The number of nitrogens with zero attached hydrogens (tertiary/aromatic N) is 1. The fourth-order valence-corrected chi connectivity index (χ4v) is 5.25. The number of ether oxygens (including phenoxy) is 1. The van der Waals surface area contributed by atoms with E-state index in [0.717, 1.165) is 39.1 Å². The van der Waals surface area contributed by atoms with Crippen molar-refractivity contribution < 1.29 is 9.53 Å². The van der Waals surface area contributed by atoms with Crippen LogP contribution in [0.2, 0.25) is 0 Å². The van der Waals surface area contributed by atoms with Gasteiger partial charge in [0.15, 0.2) is 0 Å². The Balaban J connectivity index is 0.00000225. The number of carbonyl (C=O) groups is 1. The molecule has 0 aromatic rings. The molecule has 3 aliphatic rings. The lowest BCUT2D eigenvalue weighted by Gasteiger charge is -2.61. The summed E-state index contributed by atoms with van der Waals surface area (Å²) in [4.78, 5) is 15.5. The second-order valence-electron chi connectivity index (χ2n) is 8.23. The first kappa shape index (κ1) is 21.0. The molecular formula is C20H37ClN2O2. The lowest BCUT2D eigenvalue weighted by molar-refractivity contribution is -0.191. The van der Waals surface area contributed by atoms with Crippen LogP contribution in [0.25, 0.3) is 0 Å². The van der Waals surface area contributed by atoms with Gasteiger partial charge in [-0.2, -0.15) is 0 Å². The van der Waals surface area contributed by atoms with Gasteiger partial charge in [0.25, 0.3) is 0 Å². The summed E-state index contributed by atoms with van der Waals surface area (Å²) in [6, 6.07) is 0.414. The molecule has 4 nitrogen and oxygen atoms in total. The van der Waals surface area contributed by atoms with Gasteiger partial charge in [-0.15, -0.1) is 12.4 Å². The molecule has 1 aliphatic heterocycles. The van der Waals surface area contributed by atoms with Gasteiger partial charge in [0.05, 0.1) is 6.10 Å². The third kappa shape index (κ3) is 3.86. The Morgan fingerprint density at radius 2 is 1.92 bits per heavy atom. The summed E-state index contributed by atoms with van der Waals surface area (Å²) >= 11 is 0. The summed E-state index contributed by atoms with van der Waals surface area (Å²) in [5.41, 5.74) is 0.247. The molecule has 1 heterocycles. The zero-order valence-corrected chi connectivity index (χ0v) is 17.1. The van der Waals surface area contributed by atoms with Crippen LogP contribution < -0.4 is 5.32 Å². The normalized spacial score (nSPS) is 29.2. The van der Waals surface area contributed by atoms with Gasteiger partial charge in [0.2, 0.25) is 5.91 Å². The number of hydrogen-bond donors (Lipinski definition) is 1. The van der Waals surface area contributed by atoms with E-state index in [1.54, 1.807) is 0 Å². The smallest absolute Gasteiger partial charge is 0.226 e. The maximum Gasteiger partial charge on any atom is 0.226 e. The summed E-state index contributed by atoms with van der Waals surface area (Å²) in [5.74, 6) is 1.08. The lowest BCUT2D eigenvalue weighted by Crippen LogP contribution is -2.67. The molecule has 146 valence electrons. The molecule has 1 spiro atoms. The van der Waals surface area contributed by atoms with Crippen LogP contribution in [-0.2, 0) is 9.53 Å². The Morgan fingerprint density at radius 1 is 1.24 bits per heavy atom. The molecule has 3 unspecified atom stereocenters. The van der Waals surface area contributed by atoms with Crippen molar-refractivity contribution in [1.82, 2.24) is 10.2 Å². The summed E-state index contributed by atoms with van der Waals surface area (Å²) in [6.45, 7) is 10.2. The molecule has 1 saturated heterocycles. The van der Waals surface area contributed by atoms with Gasteiger partial charge >= 0.3 is 0 Å². The quantitative estimate of drug-likeness (QED) is 0.741. The molecule has 3 fully saturated rings. The standard InChI is InChI=1S/C20H36N2O2.ClH/c1-4-11-22(19(23)15(3)16-13-21-14-16)17-12-18(24-5-2)20(17)9-7-6-8-10-20;/h15-18,21H,4-14H2,1-3H3;1H. The van der Waals surface area contributed by atoms with Gasteiger partial charge in [-0.1, -0.05) is 33.1 Å². The molecular weight excluding hydrogens is 336 g/mol. The highest BCUT2D eigenvalue weighted by Crippen LogP contribution is 2.55. The number of nitrogens with one attached hydrogen (secondary N) is 1. The number of hydrogen-bond acceptors (Lipinski definition) is 3. The first-order chi connectivity index (χ1) is 11.6. The van der Waals surface area contributed by atoms with Gasteiger partial charge in [-0.05, 0) is 51.6 Å². The first-order valence-corrected chi connectivity index (χ1v) is 10.3. The Labute approximate surface area is 159 Å². The largest absolute Gasteiger partial charge is 0.378 e. The van der Waals surface area contributed by atoms with Gasteiger partial charge in [-0.3, -0.25) is 4.79 Å². The van der Waals surface area contributed by atoms with E-state index in [4.69, 9.17) is 4.74 Å². The molecule has 25 heavy (non-hydrogen) atoms. The van der Waals surface area contributed by atoms with Crippen molar-refractivity contribution in [1.29, 1.82) is 0 Å². The molecule has 5 heteroatoms. The highest BCUT2D eigenvalue weighted by Gasteiger charge is 2.58. The number of carbonyl (C=O) groups excluding carboxylic acids is 1. The van der Waals surface area contributed by atoms with E-state index in [2.05, 4.69) is 31.0 Å². The maximum atomic E-state index is 13.2. The van der Waals surface area contributed by atoms with Crippen molar-refractivity contribution in [3.63, 3.8) is 0 Å². The van der Waals surface area contributed by atoms with E-state index >= 15 is 0 Å². The minimum Gasteiger partial charge on any atom is -0.378 e. The number of amides is 1. The van der Waals surface area contributed by atoms with E-state index in [9.17, 15) is 4.79 Å². The molecule has 1 N–H and O–H groups in total. The summed E-state index contributed by atoms with van der Waals surface area (Å²) in [7, 11) is 0. The first-order valence-electron chi connectivity index (χ1n) is 10.3. The molecule has 0 aromatic heterocycles. The van der Waals surface area contributed by atoms with Crippen molar-refractivity contribution >= 4 is 18.3 Å². The van der Waals surface area contributed by atoms with Crippen LogP contribution in [0.5, 0.6) is 0 Å². The molecule has 1 amide bonds. The van der Waals surface area contributed by atoms with Crippen LogP contribution in [-0.4, -0.2) is 49.2 Å². The van der Waals surface area contributed by atoms with Crippen LogP contribution >= 0.6 is 12.4 Å². The average Bonchev–Trinajstić information content (AvgIpc) is 2.55. The van der Waals surface area contributed by atoms with Gasteiger partial charge < -0.3 is 15.0 Å². The van der Waals surface area contributed by atoms with Crippen LogP contribution in [0.3, 0.4) is 0 Å². The Hall–Kier alpha value is -0.320. The van der Waals surface area contributed by atoms with Crippen LogP contribution in [0.4, 0.5) is 0 Å². The molecule has 2 aliphatic carbocycles. The highest BCUT2D eigenvalue weighted by molar-refractivity contribution is 5.85. The maximum absolute atomic E-state index is 13.2. The van der Waals surface area contributed by atoms with Crippen molar-refractivity contribution in [3.8, 4) is 0 Å². The van der Waals surface area contributed by atoms with E-state index in [0.29, 0.717) is 24.0 Å². The third-order valence-corrected chi connectivity index (χ3v) is 6.93. The molecule has 3 rings (SSSR count). The van der Waals surface area contributed by atoms with Crippen molar-refractivity contribution in [2.75, 3.05) is 26.2 Å². The zero-order chi connectivity index (χ0) is 17.2. The van der Waals surface area contributed by atoms with Crippen LogP contribution in [0.1, 0.15) is 65.7 Å². The average molecular weight is 373 g/mol. The van der Waals surface area contributed by atoms with Crippen LogP contribution in [0, 0.1) is 17.3 Å². The van der Waals surface area contributed by atoms with E-state index in [1.165, 1.54) is 32.1 Å². The molecule has 0 aromatic carbocycles. The predicted octanol–water partition coefficient (Wildman–Crippen LogP) is 3.63. The van der Waals surface area contributed by atoms with Gasteiger partial charge in [0, 0.05) is 30.5 Å². The van der Waals surface area contributed by atoms with Gasteiger partial charge in [0.1, 0.15) is 0 Å². The number of rotatable bonds is 7. The lowest BCUT2D eigenvalue weighted by atomic mass is 9.54. The van der Waals surface area contributed by atoms with Crippen molar-refractivity contribution in [2.24, 2.45) is 17.3 Å². The molecule has 0 radical (unpaired) electrons. The fraction of sp³-hybridized carbons (Fsp3) is 0.950. The summed E-state index contributed by atoms with van der Waals surface area (Å²) in [6.07, 6.45) is 8.92. The molecule has 2 saturated carbocycles. The Morgan fingerprint density at radius 3 is 2.44 bits per heavy atom. The third-order valence-electron chi connectivity index (χ3n) is 6.93. The second-order valence-corrected chi connectivity index (χ2v) is 8.23. The van der Waals surface area contributed by atoms with Crippen molar-refractivity contribution in [2.45, 2.75) is 77.9 Å². The highest BCUT2D eigenvalue weighted by atomic mass is 35.5.